The van der Waals surface area contributed by atoms with Gasteiger partial charge in [0.2, 0.25) is 5.89 Å². The Bertz CT molecular complexity index is 251. The lowest BCUT2D eigenvalue weighted by molar-refractivity contribution is 0.349. The third-order valence-electron chi connectivity index (χ3n) is 1.75. The monoisotopic (exact) mass is 201 g/mol. The summed E-state index contributed by atoms with van der Waals surface area (Å²) in [5, 5.41) is 3.79. The summed E-state index contributed by atoms with van der Waals surface area (Å²) < 4.78 is 5.02. The van der Waals surface area contributed by atoms with Gasteiger partial charge in [-0.05, 0) is 18.4 Å². The zero-order valence-corrected chi connectivity index (χ0v) is 8.80. The predicted octanol–water partition coefficient (Wildman–Crippen LogP) is 1.38. The summed E-state index contributed by atoms with van der Waals surface area (Å²) in [6.45, 7) is 1.99. The summed E-state index contributed by atoms with van der Waals surface area (Å²) in [6.07, 6.45) is 3.73. The second kappa shape index (κ2) is 5.24. The fourth-order valence-electron chi connectivity index (χ4n) is 0.930. The number of nitrogens with zero attached hydrogens (tertiary/aromatic N) is 2. The van der Waals surface area contributed by atoms with Crippen LogP contribution in [-0.2, 0) is 6.42 Å². The standard InChI is InChI=1S/C8H15N3OS/c1-3-7-10-8(12-11-7)6(9)4-5-13-2/h6H,3-5,9H2,1-2H3. The molecule has 4 nitrogen and oxygen atoms in total. The third kappa shape index (κ3) is 3.00. The molecule has 0 fully saturated rings. The first-order valence-electron chi connectivity index (χ1n) is 4.35. The number of hydrogen-bond acceptors (Lipinski definition) is 5. The summed E-state index contributed by atoms with van der Waals surface area (Å²) in [6, 6.07) is -0.111. The minimum Gasteiger partial charge on any atom is -0.338 e. The molecule has 1 aromatic heterocycles. The third-order valence-corrected chi connectivity index (χ3v) is 2.39. The number of aromatic nitrogens is 2. The maximum absolute atomic E-state index is 5.84. The summed E-state index contributed by atoms with van der Waals surface area (Å²) >= 11 is 1.77. The molecule has 0 radical (unpaired) electrons. The number of nitrogens with two attached hydrogens (primary N) is 1. The molecule has 1 heterocycles. The van der Waals surface area contributed by atoms with Gasteiger partial charge in [0.05, 0.1) is 6.04 Å². The van der Waals surface area contributed by atoms with Crippen molar-refractivity contribution in [1.82, 2.24) is 10.1 Å². The second-order valence-corrected chi connectivity index (χ2v) is 3.78. The lowest BCUT2D eigenvalue weighted by atomic mass is 10.2. The van der Waals surface area contributed by atoms with Crippen molar-refractivity contribution in [3.05, 3.63) is 11.7 Å². The quantitative estimate of drug-likeness (QED) is 0.779. The van der Waals surface area contributed by atoms with E-state index in [9.17, 15) is 0 Å². The second-order valence-electron chi connectivity index (χ2n) is 2.79. The van der Waals surface area contributed by atoms with Crippen molar-refractivity contribution in [3.63, 3.8) is 0 Å². The molecular weight excluding hydrogens is 186 g/mol. The number of thioether (sulfide) groups is 1. The molecule has 1 aromatic rings. The highest BCUT2D eigenvalue weighted by molar-refractivity contribution is 7.98. The van der Waals surface area contributed by atoms with Crippen LogP contribution in [0.5, 0.6) is 0 Å². The highest BCUT2D eigenvalue weighted by Gasteiger charge is 2.13. The molecule has 1 atom stereocenters. The topological polar surface area (TPSA) is 64.9 Å². The minimum atomic E-state index is -0.111. The van der Waals surface area contributed by atoms with Crippen LogP contribution in [0.3, 0.4) is 0 Å². The lowest BCUT2D eigenvalue weighted by Crippen LogP contribution is -2.11. The maximum atomic E-state index is 5.84. The molecule has 13 heavy (non-hydrogen) atoms. The van der Waals surface area contributed by atoms with Crippen LogP contribution in [0.1, 0.15) is 31.1 Å². The maximum Gasteiger partial charge on any atom is 0.243 e. The van der Waals surface area contributed by atoms with Crippen LogP contribution in [0.2, 0.25) is 0 Å². The van der Waals surface area contributed by atoms with Gasteiger partial charge in [-0.1, -0.05) is 12.1 Å². The lowest BCUT2D eigenvalue weighted by Gasteiger charge is -2.03. The average molecular weight is 201 g/mol. The molecule has 0 saturated carbocycles. The van der Waals surface area contributed by atoms with E-state index < -0.39 is 0 Å². The van der Waals surface area contributed by atoms with Gasteiger partial charge in [0, 0.05) is 6.42 Å². The highest BCUT2D eigenvalue weighted by atomic mass is 32.2. The van der Waals surface area contributed by atoms with Gasteiger partial charge in [-0.3, -0.25) is 0 Å². The van der Waals surface area contributed by atoms with Crippen molar-refractivity contribution in [2.45, 2.75) is 25.8 Å². The molecule has 0 saturated heterocycles. The summed E-state index contributed by atoms with van der Waals surface area (Å²) in [7, 11) is 0. The van der Waals surface area contributed by atoms with Crippen LogP contribution in [0.25, 0.3) is 0 Å². The molecule has 0 amide bonds. The molecule has 0 aliphatic heterocycles. The molecular formula is C8H15N3OS. The normalized spacial score (nSPS) is 13.2. The van der Waals surface area contributed by atoms with E-state index in [4.69, 9.17) is 10.3 Å². The van der Waals surface area contributed by atoms with Crippen molar-refractivity contribution in [3.8, 4) is 0 Å². The van der Waals surface area contributed by atoms with Crippen LogP contribution < -0.4 is 5.73 Å². The van der Waals surface area contributed by atoms with Gasteiger partial charge >= 0.3 is 0 Å². The fourth-order valence-corrected chi connectivity index (χ4v) is 1.42. The predicted molar refractivity (Wildman–Crippen MR) is 53.6 cm³/mol. The minimum absolute atomic E-state index is 0.111. The molecule has 1 rings (SSSR count). The number of aryl methyl sites for hydroxylation is 1. The van der Waals surface area contributed by atoms with E-state index in [1.54, 1.807) is 11.8 Å². The van der Waals surface area contributed by atoms with E-state index in [-0.39, 0.29) is 6.04 Å². The Labute approximate surface area is 82.3 Å². The molecule has 0 bridgehead atoms. The zero-order chi connectivity index (χ0) is 9.68. The smallest absolute Gasteiger partial charge is 0.243 e. The van der Waals surface area contributed by atoms with Crippen LogP contribution >= 0.6 is 11.8 Å². The molecule has 0 aliphatic rings. The van der Waals surface area contributed by atoms with Gasteiger partial charge in [-0.2, -0.15) is 16.7 Å². The van der Waals surface area contributed by atoms with Crippen molar-refractivity contribution in [2.75, 3.05) is 12.0 Å². The Hall–Kier alpha value is -0.550. The van der Waals surface area contributed by atoms with Gasteiger partial charge in [-0.25, -0.2) is 0 Å². The molecule has 5 heteroatoms. The highest BCUT2D eigenvalue weighted by Crippen LogP contribution is 2.13. The van der Waals surface area contributed by atoms with Crippen molar-refractivity contribution in [1.29, 1.82) is 0 Å². The van der Waals surface area contributed by atoms with E-state index in [0.717, 1.165) is 24.4 Å². The zero-order valence-electron chi connectivity index (χ0n) is 7.99. The van der Waals surface area contributed by atoms with Crippen molar-refractivity contribution >= 4 is 11.8 Å². The summed E-state index contributed by atoms with van der Waals surface area (Å²) in [4.78, 5) is 4.17. The summed E-state index contributed by atoms with van der Waals surface area (Å²) in [5.74, 6) is 2.31. The van der Waals surface area contributed by atoms with E-state index in [1.165, 1.54) is 0 Å². The van der Waals surface area contributed by atoms with Gasteiger partial charge in [0.25, 0.3) is 0 Å². The summed E-state index contributed by atoms with van der Waals surface area (Å²) in [5.41, 5.74) is 5.84. The Balaban J connectivity index is 2.50. The molecule has 0 spiro atoms. The van der Waals surface area contributed by atoms with Crippen molar-refractivity contribution < 1.29 is 4.52 Å². The van der Waals surface area contributed by atoms with Gasteiger partial charge < -0.3 is 10.3 Å². The van der Waals surface area contributed by atoms with Crippen LogP contribution in [0, 0.1) is 0 Å². The largest absolute Gasteiger partial charge is 0.338 e. The Kier molecular flexibility index (Phi) is 4.24. The number of hydrogen-bond donors (Lipinski definition) is 1. The van der Waals surface area contributed by atoms with E-state index in [2.05, 4.69) is 16.4 Å². The van der Waals surface area contributed by atoms with E-state index in [0.29, 0.717) is 5.89 Å². The fraction of sp³-hybridized carbons (Fsp3) is 0.750. The van der Waals surface area contributed by atoms with Gasteiger partial charge in [0.1, 0.15) is 0 Å². The van der Waals surface area contributed by atoms with Crippen LogP contribution in [0.15, 0.2) is 4.52 Å². The van der Waals surface area contributed by atoms with Gasteiger partial charge in [-0.15, -0.1) is 0 Å². The average Bonchev–Trinajstić information content (AvgIpc) is 2.62. The molecule has 74 valence electrons. The first-order chi connectivity index (χ1) is 6.27. The molecule has 0 aromatic carbocycles. The Morgan fingerprint density at radius 2 is 2.38 bits per heavy atom. The van der Waals surface area contributed by atoms with Crippen LogP contribution in [-0.4, -0.2) is 22.1 Å². The molecule has 0 aliphatic carbocycles. The first-order valence-corrected chi connectivity index (χ1v) is 5.74. The van der Waals surface area contributed by atoms with E-state index in [1.807, 2.05) is 6.92 Å². The van der Waals surface area contributed by atoms with Crippen LogP contribution in [0.4, 0.5) is 0 Å². The molecule has 1 unspecified atom stereocenters. The van der Waals surface area contributed by atoms with Crippen molar-refractivity contribution in [2.24, 2.45) is 5.73 Å². The SMILES string of the molecule is CCc1noc(C(N)CCSC)n1. The first kappa shape index (κ1) is 10.5. The Morgan fingerprint density at radius 1 is 1.62 bits per heavy atom. The number of rotatable bonds is 5. The van der Waals surface area contributed by atoms with E-state index >= 15 is 0 Å². The molecule has 2 N–H and O–H groups in total. The Morgan fingerprint density at radius 3 is 2.92 bits per heavy atom. The van der Waals surface area contributed by atoms with Gasteiger partial charge in [0.15, 0.2) is 5.82 Å².